The number of hydrogen-bond acceptors (Lipinski definition) is 3. The van der Waals surface area contributed by atoms with Crippen molar-refractivity contribution in [3.8, 4) is 5.75 Å². The van der Waals surface area contributed by atoms with Gasteiger partial charge in [0.25, 0.3) is 11.8 Å². The maximum atomic E-state index is 12.2. The SMILES string of the molecule is O=C(COc1ccc(Cl)cc1Cl)NCCCNC(=O)c1cc2ccccc2[nH]1. The molecule has 2 aromatic carbocycles. The highest BCUT2D eigenvalue weighted by Crippen LogP contribution is 2.27. The molecule has 3 N–H and O–H groups in total. The van der Waals surface area contributed by atoms with Gasteiger partial charge in [-0.3, -0.25) is 9.59 Å². The number of ether oxygens (including phenoxy) is 1. The maximum absolute atomic E-state index is 12.2. The Morgan fingerprint density at radius 1 is 1.00 bits per heavy atom. The number of H-pyrrole nitrogens is 1. The predicted molar refractivity (Wildman–Crippen MR) is 110 cm³/mol. The number of hydrogen-bond donors (Lipinski definition) is 3. The molecule has 0 aliphatic heterocycles. The molecule has 8 heteroatoms. The van der Waals surface area contributed by atoms with E-state index in [0.717, 1.165) is 10.9 Å². The van der Waals surface area contributed by atoms with Gasteiger partial charge in [-0.15, -0.1) is 0 Å². The summed E-state index contributed by atoms with van der Waals surface area (Å²) in [4.78, 5) is 27.0. The molecular weight excluding hydrogens is 401 g/mol. The Morgan fingerprint density at radius 2 is 1.79 bits per heavy atom. The van der Waals surface area contributed by atoms with Crippen molar-refractivity contribution >= 4 is 45.9 Å². The topological polar surface area (TPSA) is 83.2 Å². The first-order chi connectivity index (χ1) is 13.5. The number of para-hydroxylation sites is 1. The van der Waals surface area contributed by atoms with Gasteiger partial charge in [-0.25, -0.2) is 0 Å². The zero-order valence-corrected chi connectivity index (χ0v) is 16.4. The number of carbonyl (C=O) groups excluding carboxylic acids is 2. The number of nitrogens with one attached hydrogen (secondary N) is 3. The summed E-state index contributed by atoms with van der Waals surface area (Å²) in [6.07, 6.45) is 0.597. The number of aromatic amines is 1. The molecule has 1 aromatic heterocycles. The first-order valence-corrected chi connectivity index (χ1v) is 9.49. The van der Waals surface area contributed by atoms with Crippen LogP contribution < -0.4 is 15.4 Å². The van der Waals surface area contributed by atoms with Gasteiger partial charge in [0.05, 0.1) is 5.02 Å². The van der Waals surface area contributed by atoms with Crippen molar-refractivity contribution < 1.29 is 14.3 Å². The highest BCUT2D eigenvalue weighted by Gasteiger charge is 2.09. The number of amides is 2. The van der Waals surface area contributed by atoms with Crippen molar-refractivity contribution in [3.63, 3.8) is 0 Å². The van der Waals surface area contributed by atoms with Gasteiger partial charge < -0.3 is 20.4 Å². The minimum absolute atomic E-state index is 0.150. The number of carbonyl (C=O) groups is 2. The lowest BCUT2D eigenvalue weighted by Gasteiger charge is -2.09. The van der Waals surface area contributed by atoms with Gasteiger partial charge in [0.15, 0.2) is 6.61 Å². The van der Waals surface area contributed by atoms with E-state index in [1.54, 1.807) is 18.2 Å². The lowest BCUT2D eigenvalue weighted by Crippen LogP contribution is -2.32. The molecule has 0 radical (unpaired) electrons. The monoisotopic (exact) mass is 419 g/mol. The first-order valence-electron chi connectivity index (χ1n) is 8.73. The molecule has 0 atom stereocenters. The molecule has 28 heavy (non-hydrogen) atoms. The summed E-state index contributed by atoms with van der Waals surface area (Å²) in [5.74, 6) is -0.0528. The average Bonchev–Trinajstić information content (AvgIpc) is 3.11. The quantitative estimate of drug-likeness (QED) is 0.485. The van der Waals surface area contributed by atoms with Crippen LogP contribution >= 0.6 is 23.2 Å². The van der Waals surface area contributed by atoms with Crippen LogP contribution in [0.1, 0.15) is 16.9 Å². The molecule has 0 saturated carbocycles. The Morgan fingerprint density at radius 3 is 2.57 bits per heavy atom. The Bertz CT molecular complexity index is 955. The number of aromatic nitrogens is 1. The number of halogens is 2. The zero-order valence-electron chi connectivity index (χ0n) is 14.9. The molecule has 0 fully saturated rings. The Kier molecular flexibility index (Phi) is 6.79. The predicted octanol–water partition coefficient (Wildman–Crippen LogP) is 3.79. The molecule has 0 aliphatic rings. The molecule has 3 aromatic rings. The standard InChI is InChI=1S/C20H19Cl2N3O3/c21-14-6-7-18(15(22)11-14)28-12-19(26)23-8-3-9-24-20(27)17-10-13-4-1-2-5-16(13)25-17/h1-2,4-7,10-11,25H,3,8-9,12H2,(H,23,26)(H,24,27). The molecule has 0 spiro atoms. The summed E-state index contributed by atoms with van der Waals surface area (Å²) in [6.45, 7) is 0.713. The third kappa shape index (κ3) is 5.41. The van der Waals surface area contributed by atoms with Crippen molar-refractivity contribution in [3.05, 3.63) is 64.3 Å². The molecule has 0 saturated heterocycles. The second kappa shape index (κ2) is 9.48. The van der Waals surface area contributed by atoms with Crippen LogP contribution in [0.2, 0.25) is 10.0 Å². The number of rotatable bonds is 8. The van der Waals surface area contributed by atoms with Crippen LogP contribution in [-0.2, 0) is 4.79 Å². The van der Waals surface area contributed by atoms with Gasteiger partial charge in [-0.2, -0.15) is 0 Å². The van der Waals surface area contributed by atoms with E-state index in [1.165, 1.54) is 0 Å². The minimum Gasteiger partial charge on any atom is -0.482 e. The van der Waals surface area contributed by atoms with E-state index < -0.39 is 0 Å². The molecule has 6 nitrogen and oxygen atoms in total. The van der Waals surface area contributed by atoms with Crippen molar-refractivity contribution in [2.45, 2.75) is 6.42 Å². The summed E-state index contributed by atoms with van der Waals surface area (Å²) in [7, 11) is 0. The molecule has 0 bridgehead atoms. The summed E-state index contributed by atoms with van der Waals surface area (Å²) in [5, 5.41) is 7.38. The first kappa shape index (κ1) is 20.0. The zero-order chi connectivity index (χ0) is 19.9. The lowest BCUT2D eigenvalue weighted by molar-refractivity contribution is -0.123. The summed E-state index contributed by atoms with van der Waals surface area (Å²) < 4.78 is 5.36. The average molecular weight is 420 g/mol. The number of fused-ring (bicyclic) bond motifs is 1. The van der Waals surface area contributed by atoms with Crippen molar-refractivity contribution in [2.75, 3.05) is 19.7 Å². The molecular formula is C20H19Cl2N3O3. The van der Waals surface area contributed by atoms with E-state index in [4.69, 9.17) is 27.9 Å². The van der Waals surface area contributed by atoms with E-state index in [1.807, 2.05) is 30.3 Å². The fraction of sp³-hybridized carbons (Fsp3) is 0.200. The van der Waals surface area contributed by atoms with Crippen LogP contribution in [-0.4, -0.2) is 36.5 Å². The van der Waals surface area contributed by atoms with Gasteiger partial charge in [-0.05, 0) is 36.8 Å². The van der Waals surface area contributed by atoms with Crippen LogP contribution in [0.5, 0.6) is 5.75 Å². The third-order valence-corrected chi connectivity index (χ3v) is 4.52. The lowest BCUT2D eigenvalue weighted by atomic mass is 10.2. The van der Waals surface area contributed by atoms with Crippen molar-refractivity contribution in [2.24, 2.45) is 0 Å². The summed E-state index contributed by atoms with van der Waals surface area (Å²) in [5.41, 5.74) is 1.43. The molecule has 1 heterocycles. The Hall–Kier alpha value is -2.70. The Labute approximate surface area is 172 Å². The van der Waals surface area contributed by atoms with E-state index >= 15 is 0 Å². The third-order valence-electron chi connectivity index (χ3n) is 3.99. The van der Waals surface area contributed by atoms with Crippen molar-refractivity contribution in [1.82, 2.24) is 15.6 Å². The van der Waals surface area contributed by atoms with E-state index in [-0.39, 0.29) is 18.4 Å². The van der Waals surface area contributed by atoms with E-state index in [2.05, 4.69) is 15.6 Å². The molecule has 2 amide bonds. The largest absolute Gasteiger partial charge is 0.482 e. The van der Waals surface area contributed by atoms with Gasteiger partial charge in [0.2, 0.25) is 0 Å². The van der Waals surface area contributed by atoms with Gasteiger partial charge >= 0.3 is 0 Å². The second-order valence-corrected chi connectivity index (χ2v) is 6.94. The van der Waals surface area contributed by atoms with Crippen LogP contribution in [0.4, 0.5) is 0 Å². The smallest absolute Gasteiger partial charge is 0.267 e. The fourth-order valence-corrected chi connectivity index (χ4v) is 3.06. The highest BCUT2D eigenvalue weighted by atomic mass is 35.5. The fourth-order valence-electron chi connectivity index (χ4n) is 2.60. The molecule has 146 valence electrons. The second-order valence-electron chi connectivity index (χ2n) is 6.09. The van der Waals surface area contributed by atoms with Crippen molar-refractivity contribution in [1.29, 1.82) is 0 Å². The van der Waals surface area contributed by atoms with Gasteiger partial charge in [-0.1, -0.05) is 41.4 Å². The molecule has 0 aliphatic carbocycles. The highest BCUT2D eigenvalue weighted by molar-refractivity contribution is 6.35. The molecule has 0 unspecified atom stereocenters. The van der Waals surface area contributed by atoms with Crippen LogP contribution in [0.3, 0.4) is 0 Å². The maximum Gasteiger partial charge on any atom is 0.267 e. The number of benzene rings is 2. The van der Waals surface area contributed by atoms with Gasteiger partial charge in [0, 0.05) is 29.0 Å². The summed E-state index contributed by atoms with van der Waals surface area (Å²) in [6, 6.07) is 14.3. The van der Waals surface area contributed by atoms with Gasteiger partial charge in [0.1, 0.15) is 11.4 Å². The Balaban J connectivity index is 1.34. The normalized spacial score (nSPS) is 10.6. The summed E-state index contributed by atoms with van der Waals surface area (Å²) >= 11 is 11.8. The minimum atomic E-state index is -0.270. The van der Waals surface area contributed by atoms with Crippen LogP contribution in [0.15, 0.2) is 48.5 Å². The molecule has 3 rings (SSSR count). The van der Waals surface area contributed by atoms with Crippen LogP contribution in [0, 0.1) is 0 Å². The van der Waals surface area contributed by atoms with Crippen LogP contribution in [0.25, 0.3) is 10.9 Å². The van der Waals surface area contributed by atoms with E-state index in [9.17, 15) is 9.59 Å². The van der Waals surface area contributed by atoms with E-state index in [0.29, 0.717) is 41.0 Å².